The van der Waals surface area contributed by atoms with E-state index in [4.69, 9.17) is 5.11 Å². The zero-order chi connectivity index (χ0) is 20.2. The number of nitrogens with one attached hydrogen (secondary N) is 1. The fourth-order valence-corrected chi connectivity index (χ4v) is 4.10. The minimum Gasteiger partial charge on any atom is -0.481 e. The minimum atomic E-state index is -3.68. The lowest BCUT2D eigenvalue weighted by Crippen LogP contribution is -2.40. The molecule has 2 rings (SSSR count). The van der Waals surface area contributed by atoms with Crippen molar-refractivity contribution in [1.29, 1.82) is 0 Å². The van der Waals surface area contributed by atoms with Gasteiger partial charge in [-0.15, -0.1) is 0 Å². The van der Waals surface area contributed by atoms with Crippen LogP contribution >= 0.6 is 0 Å². The molecule has 1 aromatic carbocycles. The lowest BCUT2D eigenvalue weighted by Gasteiger charge is -2.23. The van der Waals surface area contributed by atoms with Gasteiger partial charge in [0.25, 0.3) is 10.0 Å². The Bertz CT molecular complexity index is 850. The molecule has 2 unspecified atom stereocenters. The van der Waals surface area contributed by atoms with E-state index < -0.39 is 28.0 Å². The fraction of sp³-hybridized carbons (Fsp3) is 0.500. The van der Waals surface area contributed by atoms with Crippen molar-refractivity contribution in [3.63, 3.8) is 0 Å². The Morgan fingerprint density at radius 3 is 2.59 bits per heavy atom. The molecular weight excluding hydrogens is 370 g/mol. The van der Waals surface area contributed by atoms with Crippen LogP contribution in [0.4, 0.5) is 0 Å². The first-order chi connectivity index (χ1) is 12.7. The van der Waals surface area contributed by atoms with E-state index in [1.54, 1.807) is 18.2 Å². The van der Waals surface area contributed by atoms with Crippen LogP contribution in [0.25, 0.3) is 0 Å². The number of likely N-dealkylation sites (N-methyl/N-ethyl adjacent to an activating group) is 1. The second kappa shape index (κ2) is 8.51. The van der Waals surface area contributed by atoms with Crippen molar-refractivity contribution in [1.82, 2.24) is 9.62 Å². The quantitative estimate of drug-likeness (QED) is 0.691. The summed E-state index contributed by atoms with van der Waals surface area (Å²) in [6.07, 6.45) is 2.05. The summed E-state index contributed by atoms with van der Waals surface area (Å²) in [5.74, 6) is -1.86. The number of benzene rings is 1. The van der Waals surface area contributed by atoms with Gasteiger partial charge in [0.1, 0.15) is 11.9 Å². The van der Waals surface area contributed by atoms with Crippen molar-refractivity contribution in [2.24, 2.45) is 10.9 Å². The van der Waals surface area contributed by atoms with Gasteiger partial charge in [-0.25, -0.2) is 8.42 Å². The number of aliphatic carboxylic acids is 1. The van der Waals surface area contributed by atoms with Crippen molar-refractivity contribution < 1.29 is 23.1 Å². The molecule has 0 radical (unpaired) electrons. The second-order valence-electron chi connectivity index (χ2n) is 6.70. The Hall–Kier alpha value is -2.42. The number of hydrogen-bond acceptors (Lipinski definition) is 5. The van der Waals surface area contributed by atoms with Crippen molar-refractivity contribution in [3.05, 3.63) is 29.8 Å². The Kier molecular flexibility index (Phi) is 6.59. The summed E-state index contributed by atoms with van der Waals surface area (Å²) in [5, 5.41) is 9.05. The molecule has 8 nitrogen and oxygen atoms in total. The van der Waals surface area contributed by atoms with Gasteiger partial charge in [-0.3, -0.25) is 19.3 Å². The molecule has 0 fully saturated rings. The number of unbranched alkanes of at least 4 members (excludes halogenated alkanes) is 1. The number of rotatable bonds is 8. The Morgan fingerprint density at radius 2 is 1.96 bits per heavy atom. The Balaban J connectivity index is 2.31. The summed E-state index contributed by atoms with van der Waals surface area (Å²) in [6, 6.07) is 5.69. The smallest absolute Gasteiger partial charge is 0.308 e. The van der Waals surface area contributed by atoms with Crippen LogP contribution in [0, 0.1) is 5.92 Å². The van der Waals surface area contributed by atoms with E-state index in [-0.39, 0.29) is 23.2 Å². The third-order valence-corrected chi connectivity index (χ3v) is 5.81. The number of carbonyl (C=O) groups excluding carboxylic acids is 1. The van der Waals surface area contributed by atoms with Gasteiger partial charge >= 0.3 is 5.97 Å². The van der Waals surface area contributed by atoms with Gasteiger partial charge in [0.15, 0.2) is 0 Å². The van der Waals surface area contributed by atoms with Crippen molar-refractivity contribution in [3.8, 4) is 0 Å². The van der Waals surface area contributed by atoms with E-state index in [9.17, 15) is 18.0 Å². The number of carboxylic acid groups (broad SMARTS) is 1. The molecule has 0 spiro atoms. The topological polar surface area (TPSA) is 116 Å². The second-order valence-corrected chi connectivity index (χ2v) is 8.35. The van der Waals surface area contributed by atoms with Crippen LogP contribution in [0.5, 0.6) is 0 Å². The molecule has 148 valence electrons. The van der Waals surface area contributed by atoms with E-state index in [0.717, 1.165) is 12.8 Å². The monoisotopic (exact) mass is 395 g/mol. The first-order valence-electron chi connectivity index (χ1n) is 8.85. The van der Waals surface area contributed by atoms with Crippen LogP contribution in [-0.2, 0) is 19.6 Å². The molecular formula is C18H25N3O5S. The number of sulfonamides is 1. The third kappa shape index (κ3) is 4.85. The number of carbonyl (C=O) groups is 2. The summed E-state index contributed by atoms with van der Waals surface area (Å²) >= 11 is 0. The molecule has 0 saturated carbocycles. The number of amidine groups is 1. The van der Waals surface area contributed by atoms with Gasteiger partial charge in [-0.2, -0.15) is 0 Å². The number of amides is 1. The highest BCUT2D eigenvalue weighted by Crippen LogP contribution is 2.23. The van der Waals surface area contributed by atoms with Gasteiger partial charge in [-0.05, 0) is 18.6 Å². The highest BCUT2D eigenvalue weighted by Gasteiger charge is 2.32. The van der Waals surface area contributed by atoms with Crippen LogP contribution < -0.4 is 4.72 Å². The van der Waals surface area contributed by atoms with Crippen molar-refractivity contribution in [2.45, 2.75) is 44.0 Å². The molecule has 9 heteroatoms. The first kappa shape index (κ1) is 20.9. The zero-order valence-corrected chi connectivity index (χ0v) is 16.5. The number of fused-ring (bicyclic) bond motifs is 1. The number of carboxylic acids is 1. The summed E-state index contributed by atoms with van der Waals surface area (Å²) in [6.45, 7) is 3.57. The third-order valence-electron chi connectivity index (χ3n) is 4.41. The standard InChI is InChI=1S/C18H25N3O5S/c1-4-5-9-14(17(22)21(3)11-12(2)18(23)24)19-16-13-8-6-7-10-15(13)27(25,26)20-16/h6-8,10,12,14H,4-5,9,11H2,1-3H3,(H,19,20)(H,23,24). The number of aliphatic imine (C=N–C) groups is 1. The molecule has 27 heavy (non-hydrogen) atoms. The summed E-state index contributed by atoms with van der Waals surface area (Å²) < 4.78 is 26.9. The van der Waals surface area contributed by atoms with Crippen LogP contribution in [0.1, 0.15) is 38.7 Å². The normalized spacial score (nSPS) is 18.4. The molecule has 1 aliphatic rings. The summed E-state index contributed by atoms with van der Waals surface area (Å²) in [4.78, 5) is 29.8. The van der Waals surface area contributed by atoms with Gasteiger partial charge in [0.05, 0.1) is 10.8 Å². The van der Waals surface area contributed by atoms with Crippen molar-refractivity contribution in [2.75, 3.05) is 13.6 Å². The average molecular weight is 395 g/mol. The SMILES string of the molecule is CCCCC(N=C1NS(=O)(=O)c2ccccc21)C(=O)N(C)CC(C)C(=O)O. The molecule has 0 bridgehead atoms. The molecule has 1 aliphatic heterocycles. The predicted octanol–water partition coefficient (Wildman–Crippen LogP) is 1.46. The maximum absolute atomic E-state index is 12.8. The highest BCUT2D eigenvalue weighted by molar-refractivity contribution is 7.90. The average Bonchev–Trinajstić information content (AvgIpc) is 2.88. The lowest BCUT2D eigenvalue weighted by molar-refractivity contribution is -0.142. The maximum Gasteiger partial charge on any atom is 0.308 e. The maximum atomic E-state index is 12.8. The van der Waals surface area contributed by atoms with Crippen molar-refractivity contribution >= 4 is 27.7 Å². The van der Waals surface area contributed by atoms with E-state index in [1.165, 1.54) is 24.9 Å². The zero-order valence-electron chi connectivity index (χ0n) is 15.7. The van der Waals surface area contributed by atoms with Gasteiger partial charge in [0, 0.05) is 19.2 Å². The summed E-state index contributed by atoms with van der Waals surface area (Å²) in [5.41, 5.74) is 0.438. The molecule has 0 aliphatic carbocycles. The fourth-order valence-electron chi connectivity index (χ4n) is 2.86. The lowest BCUT2D eigenvalue weighted by atomic mass is 10.1. The number of hydrogen-bond donors (Lipinski definition) is 2. The summed E-state index contributed by atoms with van der Waals surface area (Å²) in [7, 11) is -2.15. The van der Waals surface area contributed by atoms with E-state index in [0.29, 0.717) is 12.0 Å². The molecule has 1 heterocycles. The van der Waals surface area contributed by atoms with Crippen LogP contribution in [0.3, 0.4) is 0 Å². The Morgan fingerprint density at radius 1 is 1.30 bits per heavy atom. The van der Waals surface area contributed by atoms with Crippen LogP contribution in [-0.4, -0.2) is 55.8 Å². The minimum absolute atomic E-state index is 0.0595. The van der Waals surface area contributed by atoms with Gasteiger partial charge in [-0.1, -0.05) is 38.8 Å². The Labute approximate surface area is 159 Å². The largest absolute Gasteiger partial charge is 0.481 e. The van der Waals surface area contributed by atoms with Gasteiger partial charge < -0.3 is 10.0 Å². The van der Waals surface area contributed by atoms with E-state index >= 15 is 0 Å². The molecule has 2 N–H and O–H groups in total. The van der Waals surface area contributed by atoms with Crippen LogP contribution in [0.2, 0.25) is 0 Å². The van der Waals surface area contributed by atoms with Crippen LogP contribution in [0.15, 0.2) is 34.2 Å². The van der Waals surface area contributed by atoms with E-state index in [2.05, 4.69) is 9.71 Å². The predicted molar refractivity (Wildman–Crippen MR) is 101 cm³/mol. The molecule has 1 amide bonds. The first-order valence-corrected chi connectivity index (χ1v) is 10.3. The molecule has 0 saturated heterocycles. The molecule has 2 atom stereocenters. The molecule has 1 aromatic rings. The molecule has 0 aromatic heterocycles. The van der Waals surface area contributed by atoms with E-state index in [1.807, 2.05) is 6.92 Å². The number of nitrogens with zero attached hydrogens (tertiary/aromatic N) is 2. The highest BCUT2D eigenvalue weighted by atomic mass is 32.2. The van der Waals surface area contributed by atoms with Gasteiger partial charge in [0.2, 0.25) is 5.91 Å².